The molecule has 0 bridgehead atoms. The van der Waals surface area contributed by atoms with Crippen molar-refractivity contribution in [2.75, 3.05) is 45.0 Å². The summed E-state index contributed by atoms with van der Waals surface area (Å²) in [4.78, 5) is 147. The van der Waals surface area contributed by atoms with Gasteiger partial charge in [0.1, 0.15) is 11.8 Å². The number of thiol groups is 1. The lowest BCUT2D eigenvalue weighted by molar-refractivity contribution is -0.136. The van der Waals surface area contributed by atoms with Gasteiger partial charge in [-0.05, 0) is 116 Å². The van der Waals surface area contributed by atoms with Crippen molar-refractivity contribution in [3.8, 4) is 0 Å². The number of rotatable bonds is 56. The molecule has 0 radical (unpaired) electrons. The zero-order chi connectivity index (χ0) is 70.4. The van der Waals surface area contributed by atoms with Gasteiger partial charge in [0.05, 0.1) is 35.7 Å². The second-order valence-corrected chi connectivity index (χ2v) is 23.6. The second kappa shape index (κ2) is 49.3. The molecule has 9 atom stereocenters. The SMILES string of the molecule is C[C@H](CCCN=C(N)N)C(=O)C[C@H](CCCCC(=N)N)C(=O)N[C@H](CCCN=C(N)N)C(=O)C[C@H](CCCCC(=N)N)C(=O)N[C@H](CCCN=C(N)N)C(=O)C[C@H](CCCN=C(N)N)C(=O)N[C@H](CCCN=C(N)N)C(=O)C[C@H](CS)C(=O)N[C@H](CCCCN)C(N)=O. The third-order valence-electron chi connectivity index (χ3n) is 15.2. The molecule has 0 fully saturated rings. The van der Waals surface area contributed by atoms with E-state index in [1.807, 2.05) is 0 Å². The van der Waals surface area contributed by atoms with Gasteiger partial charge >= 0.3 is 0 Å². The van der Waals surface area contributed by atoms with Crippen molar-refractivity contribution >= 4 is 107 Å². The van der Waals surface area contributed by atoms with E-state index >= 15 is 0 Å². The minimum atomic E-state index is -1.33. The van der Waals surface area contributed by atoms with E-state index in [9.17, 15) is 43.2 Å². The number of carbonyl (C=O) groups is 9. The molecule has 93 heavy (non-hydrogen) atoms. The zero-order valence-electron chi connectivity index (χ0n) is 54.3. The first-order chi connectivity index (χ1) is 43.9. The van der Waals surface area contributed by atoms with Crippen LogP contribution in [0.1, 0.15) is 167 Å². The van der Waals surface area contributed by atoms with E-state index in [-0.39, 0.29) is 175 Å². The van der Waals surface area contributed by atoms with Crippen LogP contribution in [-0.2, 0) is 43.2 Å². The minimum Gasteiger partial charge on any atom is -0.388 e. The molecule has 0 saturated heterocycles. The van der Waals surface area contributed by atoms with Crippen molar-refractivity contribution in [2.45, 2.75) is 192 Å². The fourth-order valence-corrected chi connectivity index (χ4v) is 10.2. The Morgan fingerprint density at radius 1 is 0.355 bits per heavy atom. The molecule has 0 saturated carbocycles. The number of ketones is 4. The molecule has 0 aromatic rings. The largest absolute Gasteiger partial charge is 0.388 e. The predicted octanol–water partition coefficient (Wildman–Crippen LogP) is -3.33. The van der Waals surface area contributed by atoms with Crippen LogP contribution in [-0.4, -0.2) is 163 Å². The van der Waals surface area contributed by atoms with Crippen LogP contribution in [0.4, 0.5) is 0 Å². The first kappa shape index (κ1) is 84.6. The molecule has 0 unspecified atom stereocenters. The van der Waals surface area contributed by atoms with Gasteiger partial charge < -0.3 is 102 Å². The third kappa shape index (κ3) is 41.7. The fourth-order valence-electron chi connectivity index (χ4n) is 9.93. The molecule has 528 valence electrons. The van der Waals surface area contributed by atoms with Crippen LogP contribution in [0.2, 0.25) is 0 Å². The number of nitrogens with two attached hydrogens (primary N) is 14. The molecule has 0 rings (SSSR count). The first-order valence-corrected chi connectivity index (χ1v) is 32.4. The average Bonchev–Trinajstić information content (AvgIpc) is 1.25. The number of hydrogen-bond acceptors (Lipinski definition) is 18. The lowest BCUT2D eigenvalue weighted by atomic mass is 9.87. The van der Waals surface area contributed by atoms with Crippen LogP contribution in [0.3, 0.4) is 0 Å². The Morgan fingerprint density at radius 2 is 0.624 bits per heavy atom. The Hall–Kier alpha value is -8.37. The van der Waals surface area contributed by atoms with E-state index in [4.69, 9.17) is 91.1 Å². The van der Waals surface area contributed by atoms with Gasteiger partial charge in [-0.2, -0.15) is 12.6 Å². The molecule has 0 aromatic carbocycles. The maximum absolute atomic E-state index is 14.9. The molecular weight excluding hydrogens is 1220 g/mol. The van der Waals surface area contributed by atoms with E-state index in [2.05, 4.69) is 58.9 Å². The van der Waals surface area contributed by atoms with Crippen LogP contribution in [0.15, 0.2) is 25.0 Å². The number of guanidine groups is 5. The highest BCUT2D eigenvalue weighted by Gasteiger charge is 2.35. The molecular formula is C58H111N25O9S. The van der Waals surface area contributed by atoms with Gasteiger partial charge in [-0.25, -0.2) is 0 Å². The summed E-state index contributed by atoms with van der Waals surface area (Å²) < 4.78 is 0. The summed E-state index contributed by atoms with van der Waals surface area (Å²) in [7, 11) is 0. The Kier molecular flexibility index (Phi) is 44.9. The number of nitrogens with one attached hydrogen (secondary N) is 6. The first-order valence-electron chi connectivity index (χ1n) is 31.8. The molecule has 5 amide bonds. The quantitative estimate of drug-likeness (QED) is 0.0123. The summed E-state index contributed by atoms with van der Waals surface area (Å²) in [5, 5.41) is 26.6. The van der Waals surface area contributed by atoms with Crippen molar-refractivity contribution < 1.29 is 43.2 Å². The van der Waals surface area contributed by atoms with E-state index in [1.54, 1.807) is 6.92 Å². The van der Waals surface area contributed by atoms with E-state index < -0.39 is 120 Å². The molecule has 35 heteroatoms. The van der Waals surface area contributed by atoms with E-state index in [0.717, 1.165) is 0 Å². The third-order valence-corrected chi connectivity index (χ3v) is 15.6. The van der Waals surface area contributed by atoms with Crippen LogP contribution in [0.5, 0.6) is 0 Å². The molecule has 0 aliphatic rings. The fraction of sp³-hybridized carbons (Fsp3) is 0.724. The lowest BCUT2D eigenvalue weighted by Gasteiger charge is -2.27. The van der Waals surface area contributed by atoms with Gasteiger partial charge in [0.2, 0.25) is 29.5 Å². The number of nitrogens with zero attached hydrogens (tertiary/aromatic N) is 5. The Morgan fingerprint density at radius 3 is 0.935 bits per heavy atom. The molecule has 34 N–H and O–H groups in total. The number of unbranched alkanes of at least 4 members (excludes halogenated alkanes) is 3. The smallest absolute Gasteiger partial charge is 0.239 e. The monoisotopic (exact) mass is 1330 g/mol. The van der Waals surface area contributed by atoms with Gasteiger partial charge in [0.15, 0.2) is 47.1 Å². The van der Waals surface area contributed by atoms with Crippen molar-refractivity contribution in [1.29, 1.82) is 10.8 Å². The van der Waals surface area contributed by atoms with Crippen molar-refractivity contribution in [3.63, 3.8) is 0 Å². The topological polar surface area (TPSA) is 676 Å². The van der Waals surface area contributed by atoms with Crippen molar-refractivity contribution in [3.05, 3.63) is 0 Å². The van der Waals surface area contributed by atoms with Gasteiger partial charge in [-0.3, -0.25) is 78.9 Å². The summed E-state index contributed by atoms with van der Waals surface area (Å²) in [6, 6.07) is -4.87. The van der Waals surface area contributed by atoms with Gasteiger partial charge in [-0.1, -0.05) is 19.8 Å². The number of hydrogen-bond donors (Lipinski definition) is 21. The Labute approximate surface area is 551 Å². The average molecular weight is 1330 g/mol. The number of carbonyl (C=O) groups excluding carboxylic acids is 9. The standard InChI is InChI=1S/C58H111N25O9S/c1-34(13-8-24-75-54(65)66)43(84)29-35(14-2-4-21-47(60)61)50(89)80-39(18-10-26-77-56(69)70)44(85)30-36(15-3-5-22-48(62)63)51(90)81-40(19-11-27-78-57(71)72)45(86)31-37(16-9-25-76-55(67)68)52(91)82-41(20-12-28-79-58(73)74)46(87)32-38(33-93)53(92)83-42(49(64)88)17-6-7-23-59/h34-42,93H,2-33,59H2,1H3,(H3,60,61)(H3,62,63)(H2,64,88)(H,80,89)(H,81,90)(H,82,91)(H,83,92)(H4,65,66,75)(H4,67,68,76)(H4,69,70,77)(H4,71,72,78)(H4,73,74,79)/t34-,35+,36+,37+,38-,39-,40-,41-,42-/m1/s1. The minimum absolute atomic E-state index is 0.00589. The summed E-state index contributed by atoms with van der Waals surface area (Å²) in [5.74, 6) is -11.6. The molecule has 34 nitrogen and oxygen atoms in total. The van der Waals surface area contributed by atoms with Crippen LogP contribution >= 0.6 is 12.6 Å². The van der Waals surface area contributed by atoms with Gasteiger partial charge in [-0.15, -0.1) is 0 Å². The summed E-state index contributed by atoms with van der Waals surface area (Å²) >= 11 is 4.33. The van der Waals surface area contributed by atoms with Crippen LogP contribution < -0.4 is 102 Å². The summed E-state index contributed by atoms with van der Waals surface area (Å²) in [6.07, 6.45) is 3.39. The molecule has 0 aromatic heterocycles. The Balaban J connectivity index is 7.52. The van der Waals surface area contributed by atoms with Crippen LogP contribution in [0.25, 0.3) is 0 Å². The highest BCUT2D eigenvalue weighted by Crippen LogP contribution is 2.24. The van der Waals surface area contributed by atoms with Gasteiger partial charge in [0.25, 0.3) is 0 Å². The predicted molar refractivity (Wildman–Crippen MR) is 366 cm³/mol. The number of aliphatic imine (C=N–C) groups is 5. The highest BCUT2D eigenvalue weighted by atomic mass is 32.1. The second-order valence-electron chi connectivity index (χ2n) is 23.3. The number of amidine groups is 2. The van der Waals surface area contributed by atoms with E-state index in [1.165, 1.54) is 0 Å². The highest BCUT2D eigenvalue weighted by molar-refractivity contribution is 7.80. The van der Waals surface area contributed by atoms with Crippen LogP contribution in [0, 0.1) is 40.4 Å². The summed E-state index contributed by atoms with van der Waals surface area (Å²) in [5.41, 5.74) is 78.2. The number of amides is 5. The maximum Gasteiger partial charge on any atom is 0.239 e. The zero-order valence-corrected chi connectivity index (χ0v) is 55.2. The molecule has 0 spiro atoms. The molecule has 0 aliphatic heterocycles. The van der Waals surface area contributed by atoms with Crippen molar-refractivity contribution in [1.82, 2.24) is 21.3 Å². The number of Topliss-reactive ketones (excluding diaryl/α,β-unsaturated/α-hetero) is 4. The van der Waals surface area contributed by atoms with Gasteiger partial charge in [0, 0.05) is 101 Å². The van der Waals surface area contributed by atoms with E-state index in [0.29, 0.717) is 58.0 Å². The maximum atomic E-state index is 14.9. The number of primary amides is 1. The molecule has 0 heterocycles. The normalized spacial score (nSPS) is 13.8. The Bertz CT molecular complexity index is 2530. The lowest BCUT2D eigenvalue weighted by Crippen LogP contribution is -2.49. The molecule has 0 aliphatic carbocycles. The summed E-state index contributed by atoms with van der Waals surface area (Å²) in [6.45, 7) is 2.57. The van der Waals surface area contributed by atoms with Crippen molar-refractivity contribution in [2.24, 2.45) is 135 Å².